The zero-order valence-corrected chi connectivity index (χ0v) is 18.5. The van der Waals surface area contributed by atoms with Gasteiger partial charge in [0.15, 0.2) is 0 Å². The van der Waals surface area contributed by atoms with Crippen molar-refractivity contribution >= 4 is 61.1 Å². The number of nitrogens with one attached hydrogen (secondary N) is 1. The largest absolute Gasteiger partial charge is 0.292 e. The first-order valence-electron chi connectivity index (χ1n) is 9.02. The molecule has 4 rings (SSSR count). The van der Waals surface area contributed by atoms with E-state index in [1.54, 1.807) is 35.6 Å². The molecular weight excluding hydrogens is 458 g/mol. The molecule has 5 nitrogen and oxygen atoms in total. The highest BCUT2D eigenvalue weighted by Crippen LogP contribution is 2.39. The van der Waals surface area contributed by atoms with Crippen LogP contribution in [0.25, 0.3) is 10.2 Å². The van der Waals surface area contributed by atoms with Gasteiger partial charge in [-0.3, -0.25) is 14.9 Å². The summed E-state index contributed by atoms with van der Waals surface area (Å²) in [5, 5.41) is 4.39. The van der Waals surface area contributed by atoms with Gasteiger partial charge in [-0.15, -0.1) is 11.3 Å². The number of amides is 2. The summed E-state index contributed by atoms with van der Waals surface area (Å²) in [5.74, 6) is 0.125. The van der Waals surface area contributed by atoms with Crippen molar-refractivity contribution in [2.75, 3.05) is 5.75 Å². The van der Waals surface area contributed by atoms with E-state index in [0.29, 0.717) is 11.4 Å². The van der Waals surface area contributed by atoms with Crippen LogP contribution in [-0.2, 0) is 17.6 Å². The number of benzene rings is 1. The van der Waals surface area contributed by atoms with Crippen LogP contribution in [0.1, 0.15) is 39.5 Å². The summed E-state index contributed by atoms with van der Waals surface area (Å²) in [4.78, 5) is 36.1. The van der Waals surface area contributed by atoms with Gasteiger partial charge in [-0.25, -0.2) is 9.97 Å². The average molecular weight is 476 g/mol. The number of thioether (sulfide) groups is 1. The summed E-state index contributed by atoms with van der Waals surface area (Å²) in [6, 6.07) is 6.89. The predicted molar refractivity (Wildman–Crippen MR) is 116 cm³/mol. The molecule has 2 amide bonds. The molecule has 1 aromatic carbocycles. The van der Waals surface area contributed by atoms with E-state index in [9.17, 15) is 9.59 Å². The zero-order valence-electron chi connectivity index (χ0n) is 15.3. The smallest absolute Gasteiger partial charge is 0.257 e. The highest BCUT2D eigenvalue weighted by molar-refractivity contribution is 9.10. The van der Waals surface area contributed by atoms with Crippen LogP contribution in [-0.4, -0.2) is 27.5 Å². The number of hydrogen-bond donors (Lipinski definition) is 1. The van der Waals surface area contributed by atoms with E-state index in [4.69, 9.17) is 0 Å². The van der Waals surface area contributed by atoms with E-state index >= 15 is 0 Å². The molecule has 3 aromatic rings. The summed E-state index contributed by atoms with van der Waals surface area (Å²) in [5.41, 5.74) is 1.80. The van der Waals surface area contributed by atoms with Crippen molar-refractivity contribution in [3.05, 3.63) is 50.6 Å². The Morgan fingerprint density at radius 1 is 1.18 bits per heavy atom. The molecule has 8 heteroatoms. The Bertz CT molecular complexity index is 1060. The van der Waals surface area contributed by atoms with Crippen molar-refractivity contribution < 1.29 is 9.59 Å². The third-order valence-corrected chi connectivity index (χ3v) is 7.28. The number of fused-ring (bicyclic) bond motifs is 3. The maximum atomic E-state index is 12.3. The van der Waals surface area contributed by atoms with E-state index in [2.05, 4.69) is 31.2 Å². The van der Waals surface area contributed by atoms with E-state index in [-0.39, 0.29) is 11.7 Å². The number of carbonyl (C=O) groups excluding carboxylic acids is 2. The number of nitrogens with zero attached hydrogens (tertiary/aromatic N) is 2. The Morgan fingerprint density at radius 3 is 2.71 bits per heavy atom. The minimum Gasteiger partial charge on any atom is -0.292 e. The van der Waals surface area contributed by atoms with Crippen LogP contribution in [0, 0.1) is 6.92 Å². The van der Waals surface area contributed by atoms with E-state index in [1.807, 2.05) is 6.92 Å². The van der Waals surface area contributed by atoms with Crippen molar-refractivity contribution in [3.8, 4) is 0 Å². The van der Waals surface area contributed by atoms with E-state index < -0.39 is 5.91 Å². The molecule has 0 atom stereocenters. The molecule has 0 aliphatic heterocycles. The van der Waals surface area contributed by atoms with Crippen LogP contribution in [0.3, 0.4) is 0 Å². The molecule has 2 heterocycles. The second kappa shape index (κ2) is 8.31. The maximum Gasteiger partial charge on any atom is 0.257 e. The molecule has 0 radical (unpaired) electrons. The normalized spacial score (nSPS) is 13.4. The van der Waals surface area contributed by atoms with Gasteiger partial charge in [0.25, 0.3) is 5.91 Å². The second-order valence-corrected chi connectivity index (χ2v) is 9.60. The summed E-state index contributed by atoms with van der Waals surface area (Å²) in [6.45, 7) is 1.87. The fraction of sp³-hybridized carbons (Fsp3) is 0.300. The lowest BCUT2D eigenvalue weighted by molar-refractivity contribution is -0.117. The molecule has 1 aliphatic carbocycles. The average Bonchev–Trinajstić information content (AvgIpc) is 3.04. The van der Waals surface area contributed by atoms with Gasteiger partial charge in [-0.1, -0.05) is 27.7 Å². The van der Waals surface area contributed by atoms with Crippen LogP contribution >= 0.6 is 39.0 Å². The molecule has 28 heavy (non-hydrogen) atoms. The number of aromatic nitrogens is 2. The van der Waals surface area contributed by atoms with Crippen LogP contribution < -0.4 is 5.32 Å². The van der Waals surface area contributed by atoms with Gasteiger partial charge in [0.1, 0.15) is 15.7 Å². The van der Waals surface area contributed by atoms with Crippen molar-refractivity contribution in [1.82, 2.24) is 15.3 Å². The van der Waals surface area contributed by atoms with Crippen LogP contribution in [0.5, 0.6) is 0 Å². The number of carbonyl (C=O) groups is 2. The standard InChI is InChI=1S/C20H18BrN3O2S2/c1-11-22-19(17-14-4-2-3-5-15(14)28-20(17)23-11)27-10-16(25)24-18(26)12-6-8-13(21)9-7-12/h6-9H,2-5,10H2,1H3,(H,24,25,26). The monoisotopic (exact) mass is 475 g/mol. The Kier molecular flexibility index (Phi) is 5.80. The van der Waals surface area contributed by atoms with Crippen molar-refractivity contribution in [2.24, 2.45) is 0 Å². The number of hydrogen-bond acceptors (Lipinski definition) is 6. The topological polar surface area (TPSA) is 72.0 Å². The Balaban J connectivity index is 1.49. The SMILES string of the molecule is Cc1nc(SCC(=O)NC(=O)c2ccc(Br)cc2)c2c3c(sc2n1)CCCC3. The molecule has 144 valence electrons. The van der Waals surface area contributed by atoms with Gasteiger partial charge in [0, 0.05) is 20.3 Å². The van der Waals surface area contributed by atoms with Crippen molar-refractivity contribution in [2.45, 2.75) is 37.6 Å². The van der Waals surface area contributed by atoms with Gasteiger partial charge >= 0.3 is 0 Å². The summed E-state index contributed by atoms with van der Waals surface area (Å²) < 4.78 is 0.883. The van der Waals surface area contributed by atoms with E-state index in [0.717, 1.165) is 32.6 Å². The second-order valence-electron chi connectivity index (χ2n) is 6.64. The molecule has 1 aliphatic rings. The molecular formula is C20H18BrN3O2S2. The third kappa shape index (κ3) is 4.14. The summed E-state index contributed by atoms with van der Waals surface area (Å²) in [7, 11) is 0. The number of thiophene rings is 1. The lowest BCUT2D eigenvalue weighted by Gasteiger charge is -2.11. The first kappa shape index (κ1) is 19.5. The third-order valence-electron chi connectivity index (χ3n) is 4.59. The first-order valence-corrected chi connectivity index (χ1v) is 11.6. The highest BCUT2D eigenvalue weighted by Gasteiger charge is 2.21. The van der Waals surface area contributed by atoms with Gasteiger partial charge < -0.3 is 0 Å². The van der Waals surface area contributed by atoms with Gasteiger partial charge in [0.05, 0.1) is 5.75 Å². The lowest BCUT2D eigenvalue weighted by Crippen LogP contribution is -2.31. The highest BCUT2D eigenvalue weighted by atomic mass is 79.9. The predicted octanol–water partition coefficient (Wildman–Crippen LogP) is 4.69. The molecule has 1 N–H and O–H groups in total. The van der Waals surface area contributed by atoms with Crippen molar-refractivity contribution in [3.63, 3.8) is 0 Å². The lowest BCUT2D eigenvalue weighted by atomic mass is 9.97. The molecule has 0 saturated heterocycles. The summed E-state index contributed by atoms with van der Waals surface area (Å²) in [6.07, 6.45) is 4.54. The minimum atomic E-state index is -0.393. The Morgan fingerprint density at radius 2 is 1.93 bits per heavy atom. The number of aryl methyl sites for hydroxylation is 3. The van der Waals surface area contributed by atoms with Crippen LogP contribution in [0.2, 0.25) is 0 Å². The first-order chi connectivity index (χ1) is 13.5. The zero-order chi connectivity index (χ0) is 19.7. The van der Waals surface area contributed by atoms with Gasteiger partial charge in [-0.2, -0.15) is 0 Å². The molecule has 0 fully saturated rings. The van der Waals surface area contributed by atoms with Crippen LogP contribution in [0.15, 0.2) is 33.8 Å². The Hall–Kier alpha value is -1.77. The number of rotatable bonds is 4. The van der Waals surface area contributed by atoms with Gasteiger partial charge in [0.2, 0.25) is 5.91 Å². The molecule has 2 aromatic heterocycles. The Labute approximate surface area is 179 Å². The van der Waals surface area contributed by atoms with Crippen LogP contribution in [0.4, 0.5) is 0 Å². The summed E-state index contributed by atoms with van der Waals surface area (Å²) >= 11 is 6.45. The van der Waals surface area contributed by atoms with Gasteiger partial charge in [-0.05, 0) is 62.4 Å². The number of imide groups is 1. The van der Waals surface area contributed by atoms with E-state index in [1.165, 1.54) is 35.0 Å². The van der Waals surface area contributed by atoms with Crippen molar-refractivity contribution in [1.29, 1.82) is 0 Å². The molecule has 0 bridgehead atoms. The fourth-order valence-corrected chi connectivity index (χ4v) is 5.84. The quantitative estimate of drug-likeness (QED) is 0.437. The molecule has 0 spiro atoms. The fourth-order valence-electron chi connectivity index (χ4n) is 3.30. The number of halogens is 1. The minimum absolute atomic E-state index is 0.137. The maximum absolute atomic E-state index is 12.3. The molecule has 0 saturated carbocycles. The molecule has 0 unspecified atom stereocenters.